The molecule has 0 unspecified atom stereocenters. The summed E-state index contributed by atoms with van der Waals surface area (Å²) in [4.78, 5) is 11.8. The lowest BCUT2D eigenvalue weighted by Crippen LogP contribution is -2.36. The Hall–Kier alpha value is -1.72. The van der Waals surface area contributed by atoms with Crippen molar-refractivity contribution in [1.29, 1.82) is 0 Å². The fourth-order valence-corrected chi connectivity index (χ4v) is 2.60. The summed E-state index contributed by atoms with van der Waals surface area (Å²) in [7, 11) is 1.92. The minimum absolute atomic E-state index is 0.685. The highest BCUT2D eigenvalue weighted by Gasteiger charge is 2.17. The van der Waals surface area contributed by atoms with E-state index in [0.29, 0.717) is 5.02 Å². The first-order valence-electron chi connectivity index (χ1n) is 5.70. The summed E-state index contributed by atoms with van der Waals surface area (Å²) in [5.41, 5.74) is 0.869. The van der Waals surface area contributed by atoms with Gasteiger partial charge in [0.25, 0.3) is 0 Å². The molecule has 4 nitrogen and oxygen atoms in total. The Labute approximate surface area is 120 Å². The predicted molar refractivity (Wildman–Crippen MR) is 80.2 cm³/mol. The van der Waals surface area contributed by atoms with Crippen LogP contribution in [-0.4, -0.2) is 18.0 Å². The van der Waals surface area contributed by atoms with Crippen molar-refractivity contribution in [3.63, 3.8) is 0 Å². The van der Waals surface area contributed by atoms with Gasteiger partial charge in [0.05, 0.1) is 10.6 Å². The Bertz CT molecular complexity index is 630. The summed E-state index contributed by atoms with van der Waals surface area (Å²) in [5, 5.41) is 0.685. The first-order valence-corrected chi connectivity index (χ1v) is 6.89. The predicted octanol–water partition coefficient (Wildman–Crippen LogP) is 3.47. The topological polar surface area (TPSA) is 40.5 Å². The number of pyridine rings is 1. The van der Waals surface area contributed by atoms with E-state index in [0.717, 1.165) is 22.4 Å². The van der Waals surface area contributed by atoms with E-state index in [1.54, 1.807) is 6.20 Å². The lowest BCUT2D eigenvalue weighted by molar-refractivity contribution is 1.11. The number of nitrogens with zero attached hydrogens (tertiary/aromatic N) is 3. The number of benzene rings is 1. The van der Waals surface area contributed by atoms with Crippen LogP contribution in [0.4, 0.5) is 11.5 Å². The molecule has 0 saturated carbocycles. The van der Waals surface area contributed by atoms with Crippen LogP contribution in [0.3, 0.4) is 0 Å². The van der Waals surface area contributed by atoms with E-state index in [-0.39, 0.29) is 0 Å². The third-order valence-electron chi connectivity index (χ3n) is 2.71. The summed E-state index contributed by atoms with van der Waals surface area (Å²) >= 11 is 7.52. The first-order chi connectivity index (χ1) is 9.24. The quantitative estimate of drug-likeness (QED) is 0.817. The van der Waals surface area contributed by atoms with E-state index < -0.39 is 0 Å². The van der Waals surface area contributed by atoms with Crippen molar-refractivity contribution < 1.29 is 0 Å². The number of halogens is 1. The van der Waals surface area contributed by atoms with Crippen LogP contribution in [-0.2, 0) is 0 Å². The molecule has 1 aromatic carbocycles. The van der Waals surface area contributed by atoms with Gasteiger partial charge in [0.1, 0.15) is 5.82 Å². The van der Waals surface area contributed by atoms with Gasteiger partial charge in [-0.05, 0) is 42.3 Å². The molecule has 0 atom stereocenters. The van der Waals surface area contributed by atoms with Gasteiger partial charge in [-0.2, -0.15) is 0 Å². The zero-order valence-electron chi connectivity index (χ0n) is 10.2. The molecule has 0 saturated heterocycles. The average molecular weight is 291 g/mol. The number of fused-ring (bicyclic) bond motifs is 1. The Kier molecular flexibility index (Phi) is 3.31. The Morgan fingerprint density at radius 2 is 2.16 bits per heavy atom. The molecular formula is C13H11ClN4S. The molecule has 6 heteroatoms. The number of hydrogen-bond acceptors (Lipinski definition) is 5. The van der Waals surface area contributed by atoms with Crippen molar-refractivity contribution in [2.24, 2.45) is 4.99 Å². The highest BCUT2D eigenvalue weighted by atomic mass is 35.5. The lowest BCUT2D eigenvalue weighted by atomic mass is 10.3. The van der Waals surface area contributed by atoms with E-state index in [1.165, 1.54) is 11.9 Å². The van der Waals surface area contributed by atoms with Gasteiger partial charge in [-0.15, -0.1) is 0 Å². The molecule has 2 heterocycles. The molecule has 1 N–H and O–H groups in total. The van der Waals surface area contributed by atoms with Gasteiger partial charge in [0.2, 0.25) is 5.96 Å². The average Bonchev–Trinajstić information content (AvgIpc) is 2.46. The summed E-state index contributed by atoms with van der Waals surface area (Å²) in [6.07, 6.45) is 1.76. The number of aliphatic imine (C=N–C) groups is 1. The smallest absolute Gasteiger partial charge is 0.215 e. The van der Waals surface area contributed by atoms with Crippen LogP contribution in [0.1, 0.15) is 0 Å². The maximum Gasteiger partial charge on any atom is 0.215 e. The largest absolute Gasteiger partial charge is 0.299 e. The molecule has 3 rings (SSSR count). The number of hydrogen-bond donors (Lipinski definition) is 1. The second kappa shape index (κ2) is 5.11. The van der Waals surface area contributed by atoms with Crippen molar-refractivity contribution >= 4 is 41.0 Å². The zero-order valence-corrected chi connectivity index (χ0v) is 11.7. The molecule has 19 heavy (non-hydrogen) atoms. The lowest BCUT2D eigenvalue weighted by Gasteiger charge is -2.24. The summed E-state index contributed by atoms with van der Waals surface area (Å²) < 4.78 is 3.20. The van der Waals surface area contributed by atoms with Crippen LogP contribution in [0.25, 0.3) is 0 Å². The van der Waals surface area contributed by atoms with Crippen LogP contribution in [0.15, 0.2) is 52.5 Å². The van der Waals surface area contributed by atoms with Gasteiger partial charge in [0.15, 0.2) is 0 Å². The SMILES string of the molecule is CN(C1=Nc2cc(Cl)ccc2SN1)c1ccccn1. The number of nitrogens with one attached hydrogen (secondary N) is 1. The van der Waals surface area contributed by atoms with Gasteiger partial charge >= 0.3 is 0 Å². The maximum absolute atomic E-state index is 6.00. The summed E-state index contributed by atoms with van der Waals surface area (Å²) in [5.74, 6) is 1.57. The third-order valence-corrected chi connectivity index (χ3v) is 3.80. The molecule has 1 aliphatic heterocycles. The number of anilines is 1. The standard InChI is InChI=1S/C13H11ClN4S/c1-18(12-4-2-3-7-15-12)13-16-10-8-9(14)5-6-11(10)19-17-13/h2-8H,1H3,(H,16,17). The van der Waals surface area contributed by atoms with Crippen LogP contribution in [0, 0.1) is 0 Å². The minimum Gasteiger partial charge on any atom is -0.299 e. The van der Waals surface area contributed by atoms with Gasteiger partial charge in [-0.1, -0.05) is 17.7 Å². The molecule has 1 aliphatic rings. The van der Waals surface area contributed by atoms with Crippen molar-refractivity contribution in [2.45, 2.75) is 4.90 Å². The van der Waals surface area contributed by atoms with E-state index in [9.17, 15) is 0 Å². The van der Waals surface area contributed by atoms with Gasteiger partial charge in [-0.25, -0.2) is 9.98 Å². The number of rotatable bonds is 1. The Morgan fingerprint density at radius 3 is 2.95 bits per heavy atom. The van der Waals surface area contributed by atoms with Crippen LogP contribution < -0.4 is 9.62 Å². The molecule has 0 amide bonds. The molecule has 2 aromatic rings. The van der Waals surface area contributed by atoms with Crippen LogP contribution >= 0.6 is 23.5 Å². The zero-order chi connectivity index (χ0) is 13.2. The Balaban J connectivity index is 1.95. The maximum atomic E-state index is 6.00. The number of guanidine groups is 1. The molecule has 0 fully saturated rings. The van der Waals surface area contributed by atoms with Crippen LogP contribution in [0.2, 0.25) is 5.02 Å². The van der Waals surface area contributed by atoms with Crippen molar-refractivity contribution in [2.75, 3.05) is 11.9 Å². The Morgan fingerprint density at radius 1 is 1.26 bits per heavy atom. The molecule has 96 valence electrons. The summed E-state index contributed by atoms with van der Waals surface area (Å²) in [6, 6.07) is 11.4. The first kappa shape index (κ1) is 12.3. The van der Waals surface area contributed by atoms with Gasteiger partial charge in [0, 0.05) is 18.3 Å². The van der Waals surface area contributed by atoms with Crippen molar-refractivity contribution in [3.8, 4) is 0 Å². The van der Waals surface area contributed by atoms with E-state index >= 15 is 0 Å². The molecule has 0 spiro atoms. The fraction of sp³-hybridized carbons (Fsp3) is 0.0769. The molecule has 0 radical (unpaired) electrons. The third kappa shape index (κ3) is 2.52. The van der Waals surface area contributed by atoms with Crippen LogP contribution in [0.5, 0.6) is 0 Å². The molecular weight excluding hydrogens is 280 g/mol. The number of aromatic nitrogens is 1. The van der Waals surface area contributed by atoms with Gasteiger partial charge in [-0.3, -0.25) is 9.62 Å². The summed E-state index contributed by atoms with van der Waals surface area (Å²) in [6.45, 7) is 0. The molecule has 1 aromatic heterocycles. The highest BCUT2D eigenvalue weighted by molar-refractivity contribution is 7.98. The highest BCUT2D eigenvalue weighted by Crippen LogP contribution is 2.34. The molecule has 0 bridgehead atoms. The van der Waals surface area contributed by atoms with Gasteiger partial charge < -0.3 is 0 Å². The normalized spacial score (nSPS) is 13.3. The second-order valence-corrected chi connectivity index (χ2v) is 5.28. The van der Waals surface area contributed by atoms with Crippen molar-refractivity contribution in [3.05, 3.63) is 47.6 Å². The second-order valence-electron chi connectivity index (χ2n) is 4.00. The van der Waals surface area contributed by atoms with E-state index in [1.807, 2.05) is 48.3 Å². The monoisotopic (exact) mass is 290 g/mol. The fourth-order valence-electron chi connectivity index (χ4n) is 1.71. The molecule has 0 aliphatic carbocycles. The van der Waals surface area contributed by atoms with E-state index in [4.69, 9.17) is 11.6 Å². The van der Waals surface area contributed by atoms with Crippen molar-refractivity contribution in [1.82, 2.24) is 9.71 Å². The minimum atomic E-state index is 0.685. The van der Waals surface area contributed by atoms with E-state index in [2.05, 4.69) is 14.7 Å².